The van der Waals surface area contributed by atoms with Gasteiger partial charge in [0.1, 0.15) is 5.41 Å². The van der Waals surface area contributed by atoms with Crippen molar-refractivity contribution in [1.82, 2.24) is 10.2 Å². The summed E-state index contributed by atoms with van der Waals surface area (Å²) in [5.41, 5.74) is -0.985. The molecule has 1 aliphatic heterocycles. The van der Waals surface area contributed by atoms with Crippen molar-refractivity contribution in [2.75, 3.05) is 13.7 Å². The third-order valence-electron chi connectivity index (χ3n) is 3.60. The molecule has 4 amide bonds. The van der Waals surface area contributed by atoms with Crippen LogP contribution in [-0.2, 0) is 14.3 Å². The lowest BCUT2D eigenvalue weighted by Crippen LogP contribution is -2.66. The van der Waals surface area contributed by atoms with Crippen molar-refractivity contribution >= 4 is 17.8 Å². The van der Waals surface area contributed by atoms with Crippen LogP contribution in [0, 0.1) is 5.41 Å². The topological polar surface area (TPSA) is 75.7 Å². The summed E-state index contributed by atoms with van der Waals surface area (Å²) < 4.78 is 5.04. The van der Waals surface area contributed by atoms with Crippen LogP contribution in [0.25, 0.3) is 0 Å². The molecule has 17 heavy (non-hydrogen) atoms. The second-order valence-corrected chi connectivity index (χ2v) is 4.66. The van der Waals surface area contributed by atoms with Gasteiger partial charge >= 0.3 is 6.03 Å². The molecule has 0 aromatic rings. The van der Waals surface area contributed by atoms with Crippen molar-refractivity contribution in [1.29, 1.82) is 0 Å². The van der Waals surface area contributed by atoms with Crippen LogP contribution in [0.1, 0.15) is 26.2 Å². The van der Waals surface area contributed by atoms with E-state index in [0.717, 1.165) is 11.3 Å². The third kappa shape index (κ3) is 1.72. The van der Waals surface area contributed by atoms with Gasteiger partial charge in [0, 0.05) is 7.11 Å². The van der Waals surface area contributed by atoms with E-state index in [1.54, 1.807) is 6.92 Å². The molecule has 6 nitrogen and oxygen atoms in total. The molecule has 1 heterocycles. The summed E-state index contributed by atoms with van der Waals surface area (Å²) in [6, 6.07) is -0.638. The van der Waals surface area contributed by atoms with Gasteiger partial charge in [0.05, 0.1) is 12.6 Å². The fourth-order valence-electron chi connectivity index (χ4n) is 2.20. The summed E-state index contributed by atoms with van der Waals surface area (Å²) in [5, 5.41) is 2.25. The summed E-state index contributed by atoms with van der Waals surface area (Å²) in [7, 11) is 1.52. The Morgan fingerprint density at radius 1 is 1.41 bits per heavy atom. The quantitative estimate of drug-likeness (QED) is 0.718. The van der Waals surface area contributed by atoms with Crippen molar-refractivity contribution in [2.45, 2.75) is 32.3 Å². The minimum absolute atomic E-state index is 0.177. The summed E-state index contributed by atoms with van der Waals surface area (Å²) in [6.07, 6.45) is 1.67. The Hall–Kier alpha value is -1.43. The summed E-state index contributed by atoms with van der Waals surface area (Å²) in [6.45, 7) is 1.95. The first-order valence-corrected chi connectivity index (χ1v) is 5.71. The van der Waals surface area contributed by atoms with Crippen molar-refractivity contribution in [3.05, 3.63) is 0 Å². The van der Waals surface area contributed by atoms with Gasteiger partial charge in [0.15, 0.2) is 0 Å². The van der Waals surface area contributed by atoms with Gasteiger partial charge in [-0.05, 0) is 19.8 Å². The highest BCUT2D eigenvalue weighted by Crippen LogP contribution is 2.44. The van der Waals surface area contributed by atoms with E-state index in [1.807, 2.05) is 0 Å². The number of ether oxygens (including phenoxy) is 1. The molecule has 1 spiro atoms. The van der Waals surface area contributed by atoms with Crippen molar-refractivity contribution < 1.29 is 19.1 Å². The molecule has 1 saturated carbocycles. The van der Waals surface area contributed by atoms with E-state index >= 15 is 0 Å². The number of hydrogen-bond acceptors (Lipinski definition) is 4. The van der Waals surface area contributed by atoms with Crippen LogP contribution in [0.3, 0.4) is 0 Å². The number of amides is 4. The molecule has 1 atom stereocenters. The van der Waals surface area contributed by atoms with Crippen LogP contribution < -0.4 is 5.32 Å². The number of nitrogens with one attached hydrogen (secondary N) is 1. The molecule has 2 rings (SSSR count). The van der Waals surface area contributed by atoms with Gasteiger partial charge in [-0.25, -0.2) is 4.79 Å². The zero-order chi connectivity index (χ0) is 12.6. The number of hydrogen-bond donors (Lipinski definition) is 1. The molecule has 1 aliphatic carbocycles. The maximum Gasteiger partial charge on any atom is 0.330 e. The standard InChI is InChI=1S/C11H16N2O4/c1-7(17-2)6-13-9(15)11(4-3-5-11)8(14)12-10(13)16/h7H,3-6H2,1-2H3,(H,12,14,16). The number of carbonyl (C=O) groups excluding carboxylic acids is 3. The molecule has 0 radical (unpaired) electrons. The van der Waals surface area contributed by atoms with Gasteiger partial charge in [-0.2, -0.15) is 0 Å². The summed E-state index contributed by atoms with van der Waals surface area (Å²) >= 11 is 0. The molecule has 2 fully saturated rings. The Balaban J connectivity index is 2.18. The Morgan fingerprint density at radius 2 is 2.06 bits per heavy atom. The van der Waals surface area contributed by atoms with Crippen LogP contribution in [0.5, 0.6) is 0 Å². The van der Waals surface area contributed by atoms with Crippen LogP contribution in [0.4, 0.5) is 4.79 Å². The highest BCUT2D eigenvalue weighted by atomic mass is 16.5. The van der Waals surface area contributed by atoms with Gasteiger partial charge in [-0.3, -0.25) is 19.8 Å². The lowest BCUT2D eigenvalue weighted by atomic mass is 9.66. The number of carbonyl (C=O) groups is 3. The average Bonchev–Trinajstić information content (AvgIpc) is 2.21. The molecular weight excluding hydrogens is 224 g/mol. The first kappa shape index (κ1) is 12.0. The molecule has 0 aromatic carbocycles. The highest BCUT2D eigenvalue weighted by molar-refractivity contribution is 6.19. The van der Waals surface area contributed by atoms with Gasteiger partial charge in [0.2, 0.25) is 11.8 Å². The molecular formula is C11H16N2O4. The van der Waals surface area contributed by atoms with E-state index in [4.69, 9.17) is 4.74 Å². The molecule has 0 aromatic heterocycles. The van der Waals surface area contributed by atoms with E-state index in [2.05, 4.69) is 5.32 Å². The zero-order valence-electron chi connectivity index (χ0n) is 9.99. The number of methoxy groups -OCH3 is 1. The van der Waals surface area contributed by atoms with Crippen molar-refractivity contribution in [3.63, 3.8) is 0 Å². The number of imide groups is 2. The van der Waals surface area contributed by atoms with Crippen LogP contribution in [0.2, 0.25) is 0 Å². The molecule has 2 aliphatic rings. The number of barbiturate groups is 1. The second kappa shape index (κ2) is 4.10. The van der Waals surface area contributed by atoms with E-state index < -0.39 is 17.4 Å². The number of urea groups is 1. The summed E-state index contributed by atoms with van der Waals surface area (Å²) in [4.78, 5) is 36.6. The van der Waals surface area contributed by atoms with E-state index in [1.165, 1.54) is 7.11 Å². The molecule has 1 N–H and O–H groups in total. The highest BCUT2D eigenvalue weighted by Gasteiger charge is 2.57. The van der Waals surface area contributed by atoms with E-state index in [-0.39, 0.29) is 18.6 Å². The minimum atomic E-state index is -0.985. The molecule has 1 unspecified atom stereocenters. The first-order chi connectivity index (χ1) is 8.01. The Kier molecular flexibility index (Phi) is 2.91. The zero-order valence-corrected chi connectivity index (χ0v) is 9.99. The third-order valence-corrected chi connectivity index (χ3v) is 3.60. The van der Waals surface area contributed by atoms with E-state index in [9.17, 15) is 14.4 Å². The van der Waals surface area contributed by atoms with Crippen LogP contribution in [0.15, 0.2) is 0 Å². The average molecular weight is 240 g/mol. The SMILES string of the molecule is COC(C)CN1C(=O)NC(=O)C2(CCC2)C1=O. The maximum absolute atomic E-state index is 12.2. The molecule has 94 valence electrons. The Morgan fingerprint density at radius 3 is 2.53 bits per heavy atom. The maximum atomic E-state index is 12.2. The van der Waals surface area contributed by atoms with Crippen molar-refractivity contribution in [2.24, 2.45) is 5.41 Å². The normalized spacial score (nSPS) is 24.6. The largest absolute Gasteiger partial charge is 0.380 e. The van der Waals surface area contributed by atoms with Gasteiger partial charge in [0.25, 0.3) is 0 Å². The molecule has 6 heteroatoms. The minimum Gasteiger partial charge on any atom is -0.380 e. The lowest BCUT2D eigenvalue weighted by molar-refractivity contribution is -0.158. The predicted molar refractivity (Wildman–Crippen MR) is 58.0 cm³/mol. The number of nitrogens with zero attached hydrogens (tertiary/aromatic N) is 1. The fourth-order valence-corrected chi connectivity index (χ4v) is 2.20. The van der Waals surface area contributed by atoms with Gasteiger partial charge in [-0.1, -0.05) is 6.42 Å². The number of rotatable bonds is 3. The first-order valence-electron chi connectivity index (χ1n) is 5.71. The van der Waals surface area contributed by atoms with E-state index in [0.29, 0.717) is 12.8 Å². The van der Waals surface area contributed by atoms with Gasteiger partial charge in [-0.15, -0.1) is 0 Å². The second-order valence-electron chi connectivity index (χ2n) is 4.66. The predicted octanol–water partition coefficient (Wildman–Crippen LogP) is 0.270. The molecule has 1 saturated heterocycles. The van der Waals surface area contributed by atoms with Crippen molar-refractivity contribution in [3.8, 4) is 0 Å². The smallest absolute Gasteiger partial charge is 0.330 e. The van der Waals surface area contributed by atoms with Crippen LogP contribution in [-0.4, -0.2) is 42.5 Å². The molecule has 0 bridgehead atoms. The fraction of sp³-hybridized carbons (Fsp3) is 0.727. The Bertz CT molecular complexity index is 376. The monoisotopic (exact) mass is 240 g/mol. The van der Waals surface area contributed by atoms with Gasteiger partial charge < -0.3 is 4.74 Å². The lowest BCUT2D eigenvalue weighted by Gasteiger charge is -2.44. The van der Waals surface area contributed by atoms with Crippen LogP contribution >= 0.6 is 0 Å². The Labute approximate surface area is 99.3 Å². The summed E-state index contributed by atoms with van der Waals surface area (Å²) in [5.74, 6) is -0.818.